The number of pyridine rings is 1. The van der Waals surface area contributed by atoms with Crippen LogP contribution in [0, 0.1) is 6.92 Å². The topological polar surface area (TPSA) is 57.4 Å². The van der Waals surface area contributed by atoms with E-state index in [0.717, 1.165) is 23.4 Å². The van der Waals surface area contributed by atoms with Crippen LogP contribution >= 0.6 is 0 Å². The van der Waals surface area contributed by atoms with E-state index in [9.17, 15) is 0 Å². The molecule has 106 valence electrons. The normalized spacial score (nSPS) is 10.3. The van der Waals surface area contributed by atoms with Crippen LogP contribution in [0.5, 0.6) is 11.6 Å². The first-order chi connectivity index (χ1) is 9.72. The van der Waals surface area contributed by atoms with E-state index in [1.165, 1.54) is 5.56 Å². The molecule has 4 heteroatoms. The largest absolute Gasteiger partial charge is 0.487 e. The lowest BCUT2D eigenvalue weighted by Crippen LogP contribution is -2.06. The van der Waals surface area contributed by atoms with Gasteiger partial charge in [0.15, 0.2) is 0 Å². The van der Waals surface area contributed by atoms with Gasteiger partial charge < -0.3 is 15.2 Å². The Morgan fingerprint density at radius 1 is 1.20 bits per heavy atom. The molecule has 1 heterocycles. The predicted molar refractivity (Wildman–Crippen MR) is 79.1 cm³/mol. The third kappa shape index (κ3) is 3.71. The van der Waals surface area contributed by atoms with Gasteiger partial charge in [0.2, 0.25) is 5.88 Å². The van der Waals surface area contributed by atoms with Gasteiger partial charge in [-0.05, 0) is 37.6 Å². The maximum atomic E-state index is 5.86. The maximum absolute atomic E-state index is 5.86. The minimum Gasteiger partial charge on any atom is -0.487 e. The lowest BCUT2D eigenvalue weighted by Gasteiger charge is -2.12. The number of hydrogen-bond acceptors (Lipinski definition) is 4. The Hall–Kier alpha value is -2.07. The Morgan fingerprint density at radius 2 is 2.05 bits per heavy atom. The van der Waals surface area contributed by atoms with Crippen molar-refractivity contribution >= 4 is 0 Å². The molecular formula is C16H20N2O2. The Balaban J connectivity index is 2.09. The van der Waals surface area contributed by atoms with Gasteiger partial charge in [-0.15, -0.1) is 0 Å². The first-order valence-corrected chi connectivity index (χ1v) is 6.65. The van der Waals surface area contributed by atoms with Gasteiger partial charge in [-0.3, -0.25) is 0 Å². The fourth-order valence-corrected chi connectivity index (χ4v) is 2.00. The summed E-state index contributed by atoms with van der Waals surface area (Å²) in [5, 5.41) is 0. The predicted octanol–water partition coefficient (Wildman–Crippen LogP) is 2.48. The third-order valence-corrected chi connectivity index (χ3v) is 3.00. The number of benzene rings is 1. The van der Waals surface area contributed by atoms with Crippen molar-refractivity contribution in [1.29, 1.82) is 0 Å². The summed E-state index contributed by atoms with van der Waals surface area (Å²) >= 11 is 0. The average Bonchev–Trinajstić information content (AvgIpc) is 2.47. The first kappa shape index (κ1) is 14.3. The second-order valence-electron chi connectivity index (χ2n) is 4.61. The molecule has 20 heavy (non-hydrogen) atoms. The van der Waals surface area contributed by atoms with Crippen molar-refractivity contribution in [3.63, 3.8) is 0 Å². The molecule has 1 aromatic heterocycles. The Labute approximate surface area is 119 Å². The van der Waals surface area contributed by atoms with Gasteiger partial charge in [0, 0.05) is 6.07 Å². The molecule has 2 aromatic rings. The first-order valence-electron chi connectivity index (χ1n) is 6.65. The van der Waals surface area contributed by atoms with E-state index in [2.05, 4.69) is 18.0 Å². The van der Waals surface area contributed by atoms with E-state index in [0.29, 0.717) is 19.0 Å². The van der Waals surface area contributed by atoms with Crippen molar-refractivity contribution in [3.05, 3.63) is 53.2 Å². The molecule has 4 nitrogen and oxygen atoms in total. The maximum Gasteiger partial charge on any atom is 0.213 e. The van der Waals surface area contributed by atoms with Gasteiger partial charge in [-0.25, -0.2) is 4.98 Å². The highest BCUT2D eigenvalue weighted by Gasteiger charge is 2.05. The van der Waals surface area contributed by atoms with E-state index in [1.807, 2.05) is 30.3 Å². The van der Waals surface area contributed by atoms with Crippen LogP contribution in [0.1, 0.15) is 16.8 Å². The molecule has 0 amide bonds. The zero-order valence-electron chi connectivity index (χ0n) is 11.9. The Bertz CT molecular complexity index is 570. The molecule has 2 rings (SSSR count). The van der Waals surface area contributed by atoms with Gasteiger partial charge in [0.25, 0.3) is 0 Å². The summed E-state index contributed by atoms with van der Waals surface area (Å²) in [6, 6.07) is 11.8. The molecule has 1 aromatic carbocycles. The summed E-state index contributed by atoms with van der Waals surface area (Å²) in [6.45, 7) is 3.09. The number of nitrogens with zero attached hydrogens (tertiary/aromatic N) is 1. The van der Waals surface area contributed by atoms with Crippen molar-refractivity contribution in [2.24, 2.45) is 5.73 Å². The van der Waals surface area contributed by atoms with Crippen molar-refractivity contribution in [2.45, 2.75) is 20.0 Å². The lowest BCUT2D eigenvalue weighted by atomic mass is 10.1. The lowest BCUT2D eigenvalue weighted by molar-refractivity contribution is 0.295. The van der Waals surface area contributed by atoms with Crippen LogP contribution in [0.3, 0.4) is 0 Å². The van der Waals surface area contributed by atoms with Gasteiger partial charge in [-0.2, -0.15) is 0 Å². The number of rotatable bonds is 6. The molecule has 0 saturated carbocycles. The van der Waals surface area contributed by atoms with Crippen LogP contribution in [0.2, 0.25) is 0 Å². The number of aromatic nitrogens is 1. The molecule has 0 aliphatic heterocycles. The fourth-order valence-electron chi connectivity index (χ4n) is 2.00. The highest BCUT2D eigenvalue weighted by Crippen LogP contribution is 2.21. The van der Waals surface area contributed by atoms with E-state index in [-0.39, 0.29) is 0 Å². The summed E-state index contributed by atoms with van der Waals surface area (Å²) in [6.07, 6.45) is 0.808. The van der Waals surface area contributed by atoms with Crippen LogP contribution in [0.4, 0.5) is 0 Å². The van der Waals surface area contributed by atoms with Gasteiger partial charge in [-0.1, -0.05) is 23.8 Å². The zero-order valence-corrected chi connectivity index (χ0v) is 11.9. The summed E-state index contributed by atoms with van der Waals surface area (Å²) in [4.78, 5) is 4.33. The van der Waals surface area contributed by atoms with Gasteiger partial charge >= 0.3 is 0 Å². The van der Waals surface area contributed by atoms with Crippen LogP contribution in [-0.4, -0.2) is 18.6 Å². The van der Waals surface area contributed by atoms with E-state index in [1.54, 1.807) is 7.11 Å². The average molecular weight is 272 g/mol. The number of methoxy groups -OCH3 is 1. The number of aryl methyl sites for hydroxylation is 1. The molecule has 0 aliphatic carbocycles. The van der Waals surface area contributed by atoms with E-state index < -0.39 is 0 Å². The number of hydrogen-bond donors (Lipinski definition) is 1. The van der Waals surface area contributed by atoms with E-state index >= 15 is 0 Å². The fraction of sp³-hybridized carbons (Fsp3) is 0.312. The SMILES string of the molecule is COc1cccc(COc2ccc(C)cc2CCN)n1. The molecule has 0 aliphatic rings. The highest BCUT2D eigenvalue weighted by atomic mass is 16.5. The Kier molecular flexibility index (Phi) is 4.96. The smallest absolute Gasteiger partial charge is 0.213 e. The van der Waals surface area contributed by atoms with Crippen molar-refractivity contribution in [1.82, 2.24) is 4.98 Å². The molecule has 0 saturated heterocycles. The van der Waals surface area contributed by atoms with Gasteiger partial charge in [0.05, 0.1) is 12.8 Å². The summed E-state index contributed by atoms with van der Waals surface area (Å²) < 4.78 is 11.0. The van der Waals surface area contributed by atoms with Crippen LogP contribution in [-0.2, 0) is 13.0 Å². The van der Waals surface area contributed by atoms with Gasteiger partial charge in [0.1, 0.15) is 12.4 Å². The molecule has 0 atom stereocenters. The molecule has 0 radical (unpaired) electrons. The molecule has 2 N–H and O–H groups in total. The Morgan fingerprint density at radius 3 is 2.80 bits per heavy atom. The van der Waals surface area contributed by atoms with Crippen LogP contribution in [0.25, 0.3) is 0 Å². The standard InChI is InChI=1S/C16H20N2O2/c1-12-6-7-15(13(10-12)8-9-17)20-11-14-4-3-5-16(18-14)19-2/h3-7,10H,8-9,11,17H2,1-2H3. The van der Waals surface area contributed by atoms with Crippen LogP contribution < -0.4 is 15.2 Å². The number of nitrogens with two attached hydrogens (primary N) is 1. The quantitative estimate of drug-likeness (QED) is 0.877. The minimum absolute atomic E-state index is 0.415. The summed E-state index contributed by atoms with van der Waals surface area (Å²) in [5.74, 6) is 1.46. The van der Waals surface area contributed by atoms with Crippen molar-refractivity contribution in [2.75, 3.05) is 13.7 Å². The minimum atomic E-state index is 0.415. The zero-order chi connectivity index (χ0) is 14.4. The molecule has 0 bridgehead atoms. The third-order valence-electron chi connectivity index (χ3n) is 3.00. The summed E-state index contributed by atoms with van der Waals surface area (Å²) in [5.41, 5.74) is 8.82. The molecule has 0 unspecified atom stereocenters. The van der Waals surface area contributed by atoms with E-state index in [4.69, 9.17) is 15.2 Å². The molecule has 0 spiro atoms. The highest BCUT2D eigenvalue weighted by molar-refractivity contribution is 5.37. The number of ether oxygens (including phenoxy) is 2. The summed E-state index contributed by atoms with van der Waals surface area (Å²) in [7, 11) is 1.60. The van der Waals surface area contributed by atoms with Crippen molar-refractivity contribution < 1.29 is 9.47 Å². The molecule has 0 fully saturated rings. The monoisotopic (exact) mass is 272 g/mol. The second kappa shape index (κ2) is 6.91. The molecular weight excluding hydrogens is 252 g/mol. The second-order valence-corrected chi connectivity index (χ2v) is 4.61. The van der Waals surface area contributed by atoms with Crippen LogP contribution in [0.15, 0.2) is 36.4 Å². The van der Waals surface area contributed by atoms with Crippen molar-refractivity contribution in [3.8, 4) is 11.6 Å².